The third kappa shape index (κ3) is 4.69. The Hall–Kier alpha value is -1.12. The Balaban J connectivity index is 2.13. The van der Waals surface area contributed by atoms with Gasteiger partial charge < -0.3 is 9.64 Å². The molecule has 0 bridgehead atoms. The lowest BCUT2D eigenvalue weighted by Crippen LogP contribution is -2.27. The Morgan fingerprint density at radius 2 is 1.95 bits per heavy atom. The van der Waals surface area contributed by atoms with Crippen LogP contribution in [0.1, 0.15) is 19.3 Å². The highest BCUT2D eigenvalue weighted by Gasteiger charge is 2.33. The van der Waals surface area contributed by atoms with E-state index in [1.165, 1.54) is 0 Å². The summed E-state index contributed by atoms with van der Waals surface area (Å²) in [4.78, 5) is 5.51. The number of halogens is 6. The lowest BCUT2D eigenvalue weighted by molar-refractivity contribution is -0.274. The minimum atomic E-state index is -4.80. The zero-order valence-electron chi connectivity index (χ0n) is 10.8. The number of rotatable bonds is 2. The van der Waals surface area contributed by atoms with E-state index in [0.717, 1.165) is 12.3 Å². The third-order valence-electron chi connectivity index (χ3n) is 3.05. The summed E-state index contributed by atoms with van der Waals surface area (Å²) in [5.41, 5.74) is 0. The first-order chi connectivity index (χ1) is 9.66. The molecule has 1 aliphatic heterocycles. The highest BCUT2D eigenvalue weighted by atomic mass is 79.9. The molecular formula is C12H12BrF5N2O. The van der Waals surface area contributed by atoms with Crippen molar-refractivity contribution >= 4 is 21.7 Å². The number of aromatic nitrogens is 1. The second-order valence-electron chi connectivity index (χ2n) is 4.72. The van der Waals surface area contributed by atoms with E-state index in [0.29, 0.717) is 18.8 Å². The number of pyridine rings is 1. The van der Waals surface area contributed by atoms with Gasteiger partial charge in [0.25, 0.3) is 0 Å². The average Bonchev–Trinajstić information content (AvgIpc) is 2.48. The molecule has 118 valence electrons. The van der Waals surface area contributed by atoms with Gasteiger partial charge in [0.2, 0.25) is 5.92 Å². The van der Waals surface area contributed by atoms with Gasteiger partial charge in [-0.25, -0.2) is 13.8 Å². The molecule has 0 N–H and O–H groups in total. The molecule has 2 heterocycles. The first-order valence-corrected chi connectivity index (χ1v) is 7.00. The second-order valence-corrected chi connectivity index (χ2v) is 5.58. The molecule has 0 unspecified atom stereocenters. The second kappa shape index (κ2) is 5.94. The largest absolute Gasteiger partial charge is 0.573 e. The topological polar surface area (TPSA) is 25.4 Å². The molecule has 21 heavy (non-hydrogen) atoms. The fraction of sp³-hybridized carbons (Fsp3) is 0.583. The van der Waals surface area contributed by atoms with Crippen molar-refractivity contribution in [1.29, 1.82) is 0 Å². The first-order valence-electron chi connectivity index (χ1n) is 6.20. The van der Waals surface area contributed by atoms with E-state index in [1.54, 1.807) is 4.90 Å². The van der Waals surface area contributed by atoms with E-state index in [2.05, 4.69) is 25.7 Å². The van der Waals surface area contributed by atoms with Gasteiger partial charge in [0, 0.05) is 32.0 Å². The Labute approximate surface area is 126 Å². The van der Waals surface area contributed by atoms with Crippen molar-refractivity contribution < 1.29 is 26.7 Å². The van der Waals surface area contributed by atoms with E-state index in [-0.39, 0.29) is 23.9 Å². The zero-order valence-corrected chi connectivity index (χ0v) is 12.3. The summed E-state index contributed by atoms with van der Waals surface area (Å²) in [6, 6.07) is 1.12. The molecule has 0 amide bonds. The molecule has 1 fully saturated rings. The van der Waals surface area contributed by atoms with Crippen LogP contribution in [0.5, 0.6) is 5.75 Å². The van der Waals surface area contributed by atoms with Crippen LogP contribution in [0.25, 0.3) is 0 Å². The molecule has 2 rings (SSSR count). The van der Waals surface area contributed by atoms with E-state index < -0.39 is 18.0 Å². The van der Waals surface area contributed by atoms with Crippen molar-refractivity contribution in [2.45, 2.75) is 31.5 Å². The van der Waals surface area contributed by atoms with Crippen LogP contribution in [0, 0.1) is 0 Å². The van der Waals surface area contributed by atoms with Crippen molar-refractivity contribution in [3.05, 3.63) is 16.7 Å². The Kier molecular flexibility index (Phi) is 4.60. The normalized spacial score (nSPS) is 19.2. The number of ether oxygens (including phenoxy) is 1. The van der Waals surface area contributed by atoms with Gasteiger partial charge in [-0.1, -0.05) is 0 Å². The quantitative estimate of drug-likeness (QED) is 0.718. The van der Waals surface area contributed by atoms with E-state index in [4.69, 9.17) is 0 Å². The summed E-state index contributed by atoms with van der Waals surface area (Å²) in [6.07, 6.45) is -4.08. The van der Waals surface area contributed by atoms with Gasteiger partial charge >= 0.3 is 6.36 Å². The fourth-order valence-electron chi connectivity index (χ4n) is 2.11. The van der Waals surface area contributed by atoms with Gasteiger partial charge in [0.15, 0.2) is 0 Å². The summed E-state index contributed by atoms with van der Waals surface area (Å²) in [7, 11) is 0. The van der Waals surface area contributed by atoms with Crippen molar-refractivity contribution in [2.75, 3.05) is 18.0 Å². The minimum Gasteiger partial charge on any atom is -0.404 e. The standard InChI is InChI=1S/C12H12BrF5N2O/c13-9-6-8(21-12(16,17)18)7-19-10(9)20-4-1-2-11(14,15)3-5-20/h6-7H,1-5H2. The van der Waals surface area contributed by atoms with Crippen molar-refractivity contribution in [3.63, 3.8) is 0 Å². The maximum atomic E-state index is 13.3. The number of hydrogen-bond acceptors (Lipinski definition) is 3. The number of alkyl halides is 5. The van der Waals surface area contributed by atoms with E-state index in [9.17, 15) is 22.0 Å². The number of nitrogens with zero attached hydrogens (tertiary/aromatic N) is 2. The van der Waals surface area contributed by atoms with Crippen molar-refractivity contribution in [1.82, 2.24) is 4.98 Å². The molecule has 9 heteroatoms. The predicted molar refractivity (Wildman–Crippen MR) is 69.6 cm³/mol. The molecule has 0 radical (unpaired) electrons. The highest BCUT2D eigenvalue weighted by Crippen LogP contribution is 2.34. The summed E-state index contributed by atoms with van der Waals surface area (Å²) in [6.45, 7) is 0.471. The van der Waals surface area contributed by atoms with Crippen LogP contribution in [0.15, 0.2) is 16.7 Å². The van der Waals surface area contributed by atoms with Gasteiger partial charge in [-0.2, -0.15) is 0 Å². The molecule has 1 aliphatic rings. The lowest BCUT2D eigenvalue weighted by atomic mass is 10.1. The average molecular weight is 375 g/mol. The summed E-state index contributed by atoms with van der Waals surface area (Å²) in [5.74, 6) is -2.83. The number of anilines is 1. The SMILES string of the molecule is FC1(F)CCCN(c2ncc(OC(F)(F)F)cc2Br)CC1. The molecule has 0 spiro atoms. The lowest BCUT2D eigenvalue weighted by Gasteiger charge is -2.23. The van der Waals surface area contributed by atoms with Crippen LogP contribution in [-0.4, -0.2) is 30.4 Å². The van der Waals surface area contributed by atoms with Gasteiger partial charge in [0.05, 0.1) is 10.7 Å². The number of hydrogen-bond donors (Lipinski definition) is 0. The van der Waals surface area contributed by atoms with Gasteiger partial charge in [-0.3, -0.25) is 0 Å². The zero-order chi connectivity index (χ0) is 15.7. The van der Waals surface area contributed by atoms with Crippen molar-refractivity contribution in [2.24, 2.45) is 0 Å². The molecular weight excluding hydrogens is 363 g/mol. The van der Waals surface area contributed by atoms with Gasteiger partial charge in [0.1, 0.15) is 11.6 Å². The molecule has 0 aliphatic carbocycles. The molecule has 1 saturated heterocycles. The van der Waals surface area contributed by atoms with Crippen LogP contribution >= 0.6 is 15.9 Å². The minimum absolute atomic E-state index is 0.0953. The maximum Gasteiger partial charge on any atom is 0.573 e. The van der Waals surface area contributed by atoms with Crippen LogP contribution in [0.3, 0.4) is 0 Å². The smallest absolute Gasteiger partial charge is 0.404 e. The molecule has 1 aromatic rings. The summed E-state index contributed by atoms with van der Waals surface area (Å²) < 4.78 is 66.9. The Morgan fingerprint density at radius 3 is 2.57 bits per heavy atom. The molecule has 1 aromatic heterocycles. The summed E-state index contributed by atoms with van der Waals surface area (Å²) >= 11 is 3.11. The summed E-state index contributed by atoms with van der Waals surface area (Å²) in [5, 5.41) is 0. The molecule has 0 saturated carbocycles. The molecule has 0 atom stereocenters. The maximum absolute atomic E-state index is 13.3. The third-order valence-corrected chi connectivity index (χ3v) is 3.63. The molecule has 3 nitrogen and oxygen atoms in total. The fourth-order valence-corrected chi connectivity index (χ4v) is 2.69. The van der Waals surface area contributed by atoms with Crippen LogP contribution in [-0.2, 0) is 0 Å². The highest BCUT2D eigenvalue weighted by molar-refractivity contribution is 9.10. The van der Waals surface area contributed by atoms with Crippen LogP contribution < -0.4 is 9.64 Å². The Morgan fingerprint density at radius 1 is 1.24 bits per heavy atom. The van der Waals surface area contributed by atoms with Crippen molar-refractivity contribution in [3.8, 4) is 5.75 Å². The monoisotopic (exact) mass is 374 g/mol. The van der Waals surface area contributed by atoms with Gasteiger partial charge in [-0.05, 0) is 22.4 Å². The van der Waals surface area contributed by atoms with Crippen LogP contribution in [0.4, 0.5) is 27.8 Å². The van der Waals surface area contributed by atoms with Crippen LogP contribution in [0.2, 0.25) is 0 Å². The Bertz CT molecular complexity index is 509. The van der Waals surface area contributed by atoms with E-state index in [1.807, 2.05) is 0 Å². The first kappa shape index (κ1) is 16.3. The van der Waals surface area contributed by atoms with E-state index >= 15 is 0 Å². The van der Waals surface area contributed by atoms with Gasteiger partial charge in [-0.15, -0.1) is 13.2 Å². The molecule has 0 aromatic carbocycles. The predicted octanol–water partition coefficient (Wildman–Crippen LogP) is 4.37.